The lowest BCUT2D eigenvalue weighted by Gasteiger charge is -2.38. The van der Waals surface area contributed by atoms with Gasteiger partial charge in [0.2, 0.25) is 0 Å². The number of halogens is 2. The fraction of sp³-hybridized carbons (Fsp3) is 0.409. The van der Waals surface area contributed by atoms with Crippen LogP contribution in [0.4, 0.5) is 4.39 Å². The molecule has 1 fully saturated rings. The molecule has 31 heavy (non-hydrogen) atoms. The van der Waals surface area contributed by atoms with E-state index in [1.54, 1.807) is 0 Å². The Morgan fingerprint density at radius 2 is 1.61 bits per heavy atom. The van der Waals surface area contributed by atoms with Gasteiger partial charge in [-0.15, -0.1) is 0 Å². The van der Waals surface area contributed by atoms with Gasteiger partial charge in [0.15, 0.2) is 5.78 Å². The summed E-state index contributed by atoms with van der Waals surface area (Å²) in [6.07, 6.45) is 3.26. The van der Waals surface area contributed by atoms with E-state index >= 15 is 0 Å². The van der Waals surface area contributed by atoms with Crippen LogP contribution in [0.2, 0.25) is 5.02 Å². The van der Waals surface area contributed by atoms with E-state index < -0.39 is 15.7 Å². The highest BCUT2D eigenvalue weighted by atomic mass is 35.5. The standard InChI is InChI=1S/C21H23ClFNO2.CH4O3S/c22-18-7-5-17(6-8-18)21(26)11-14-24(15-12-21)13-1-2-20(25)16-3-9-19(23)10-4-16;1-5(2,3)4/h3-10,26H,1-2,11-15H2;1H3,(H,2,3,4). The molecular weight excluding hydrogens is 445 g/mol. The quantitative estimate of drug-likeness (QED) is 0.489. The van der Waals surface area contributed by atoms with Gasteiger partial charge in [-0.05, 0) is 67.8 Å². The molecule has 1 aliphatic heterocycles. The first-order chi connectivity index (χ1) is 14.5. The normalized spacial score (nSPS) is 16.3. The lowest BCUT2D eigenvalue weighted by molar-refractivity contribution is -0.0260. The molecule has 9 heteroatoms. The van der Waals surface area contributed by atoms with Crippen molar-refractivity contribution in [2.45, 2.75) is 31.3 Å². The molecule has 0 saturated carbocycles. The average Bonchev–Trinajstić information content (AvgIpc) is 2.69. The van der Waals surface area contributed by atoms with Gasteiger partial charge in [-0.2, -0.15) is 8.42 Å². The second-order valence-electron chi connectivity index (χ2n) is 7.65. The Morgan fingerprint density at radius 1 is 1.10 bits per heavy atom. The van der Waals surface area contributed by atoms with Crippen LogP contribution < -0.4 is 0 Å². The Hall–Kier alpha value is -1.84. The number of rotatable bonds is 6. The van der Waals surface area contributed by atoms with Crippen molar-refractivity contribution in [2.24, 2.45) is 0 Å². The van der Waals surface area contributed by atoms with Gasteiger partial charge in [-0.1, -0.05) is 23.7 Å². The van der Waals surface area contributed by atoms with Crippen molar-refractivity contribution >= 4 is 27.5 Å². The molecule has 0 bridgehead atoms. The number of hydrogen-bond donors (Lipinski definition) is 2. The summed E-state index contributed by atoms with van der Waals surface area (Å²) in [5.74, 6) is -0.289. The predicted octanol–water partition coefficient (Wildman–Crippen LogP) is 3.93. The fourth-order valence-corrected chi connectivity index (χ4v) is 3.56. The number of Topliss-reactive ketones (excluding diaryl/α,β-unsaturated/α-hetero) is 1. The summed E-state index contributed by atoms with van der Waals surface area (Å²) in [4.78, 5) is 14.4. The van der Waals surface area contributed by atoms with Crippen LogP contribution in [0.15, 0.2) is 48.5 Å². The first-order valence-electron chi connectivity index (χ1n) is 9.88. The van der Waals surface area contributed by atoms with Crippen molar-refractivity contribution < 1.29 is 27.3 Å². The zero-order valence-electron chi connectivity index (χ0n) is 17.3. The molecule has 6 nitrogen and oxygen atoms in total. The maximum absolute atomic E-state index is 12.9. The third kappa shape index (κ3) is 9.04. The van der Waals surface area contributed by atoms with Crippen molar-refractivity contribution in [1.82, 2.24) is 4.90 Å². The van der Waals surface area contributed by atoms with Crippen molar-refractivity contribution in [3.63, 3.8) is 0 Å². The highest BCUT2D eigenvalue weighted by Gasteiger charge is 2.33. The zero-order valence-corrected chi connectivity index (χ0v) is 18.9. The van der Waals surface area contributed by atoms with Gasteiger partial charge in [-0.25, -0.2) is 4.39 Å². The minimum absolute atomic E-state index is 0.0414. The van der Waals surface area contributed by atoms with E-state index in [0.717, 1.165) is 31.6 Å². The first kappa shape index (κ1) is 25.4. The molecule has 0 spiro atoms. The summed E-state index contributed by atoms with van der Waals surface area (Å²) in [6, 6.07) is 13.1. The summed E-state index contributed by atoms with van der Waals surface area (Å²) >= 11 is 5.92. The molecule has 2 N–H and O–H groups in total. The smallest absolute Gasteiger partial charge is 0.261 e. The van der Waals surface area contributed by atoms with E-state index in [0.29, 0.717) is 36.1 Å². The molecule has 0 atom stereocenters. The van der Waals surface area contributed by atoms with Gasteiger partial charge < -0.3 is 10.0 Å². The molecular formula is C22H27ClFNO5S. The van der Waals surface area contributed by atoms with Crippen LogP contribution in [0.5, 0.6) is 0 Å². The van der Waals surface area contributed by atoms with Crippen LogP contribution in [0.25, 0.3) is 0 Å². The Kier molecular flexibility index (Phi) is 9.14. The van der Waals surface area contributed by atoms with E-state index in [2.05, 4.69) is 4.90 Å². The summed E-state index contributed by atoms with van der Waals surface area (Å²) in [5, 5.41) is 11.5. The third-order valence-corrected chi connectivity index (χ3v) is 5.36. The van der Waals surface area contributed by atoms with Crippen LogP contribution in [0.3, 0.4) is 0 Å². The number of ketones is 1. The molecule has 2 aromatic rings. The van der Waals surface area contributed by atoms with Gasteiger partial charge >= 0.3 is 0 Å². The van der Waals surface area contributed by atoms with E-state index in [4.69, 9.17) is 16.2 Å². The Bertz CT molecular complexity index is 948. The Balaban J connectivity index is 0.000000614. The zero-order chi connectivity index (χ0) is 23.1. The summed E-state index contributed by atoms with van der Waals surface area (Å²) in [5.41, 5.74) is 0.667. The van der Waals surface area contributed by atoms with Crippen molar-refractivity contribution in [2.75, 3.05) is 25.9 Å². The lowest BCUT2D eigenvalue weighted by Crippen LogP contribution is -2.42. The molecule has 0 unspecified atom stereocenters. The maximum atomic E-state index is 12.9. The number of carbonyl (C=O) groups is 1. The van der Waals surface area contributed by atoms with Crippen LogP contribution in [0, 0.1) is 5.82 Å². The molecule has 0 aromatic heterocycles. The molecule has 0 amide bonds. The van der Waals surface area contributed by atoms with Crippen LogP contribution in [0.1, 0.15) is 41.6 Å². The van der Waals surface area contributed by atoms with E-state index in [-0.39, 0.29) is 11.6 Å². The average molecular weight is 472 g/mol. The Labute approximate surface area is 187 Å². The van der Waals surface area contributed by atoms with Gasteiger partial charge in [0.1, 0.15) is 5.82 Å². The summed E-state index contributed by atoms with van der Waals surface area (Å²) in [7, 11) is -3.67. The van der Waals surface area contributed by atoms with Crippen molar-refractivity contribution in [3.8, 4) is 0 Å². The SMILES string of the molecule is CS(=O)(=O)O.O=C(CCCN1CCC(O)(c2ccc(Cl)cc2)CC1)c1ccc(F)cc1. The second-order valence-corrected chi connectivity index (χ2v) is 9.55. The fourth-order valence-electron chi connectivity index (χ4n) is 3.44. The molecule has 1 heterocycles. The topological polar surface area (TPSA) is 94.9 Å². The third-order valence-electron chi connectivity index (χ3n) is 5.11. The molecule has 2 aromatic carbocycles. The summed E-state index contributed by atoms with van der Waals surface area (Å²) in [6.45, 7) is 2.41. The lowest BCUT2D eigenvalue weighted by atomic mass is 9.84. The van der Waals surface area contributed by atoms with Crippen molar-refractivity contribution in [3.05, 3.63) is 70.5 Å². The largest absolute Gasteiger partial charge is 0.385 e. The number of nitrogens with zero attached hydrogens (tertiary/aromatic N) is 1. The van der Waals surface area contributed by atoms with E-state index in [9.17, 15) is 22.7 Å². The predicted molar refractivity (Wildman–Crippen MR) is 118 cm³/mol. The molecule has 0 radical (unpaired) electrons. The Morgan fingerprint density at radius 3 is 2.13 bits per heavy atom. The minimum Gasteiger partial charge on any atom is -0.385 e. The number of aliphatic hydroxyl groups is 1. The number of likely N-dealkylation sites (tertiary alicyclic amines) is 1. The highest BCUT2D eigenvalue weighted by Crippen LogP contribution is 2.33. The number of hydrogen-bond acceptors (Lipinski definition) is 5. The molecule has 3 rings (SSSR count). The second kappa shape index (κ2) is 11.2. The minimum atomic E-state index is -3.67. The molecule has 170 valence electrons. The van der Waals surface area contributed by atoms with Crippen molar-refractivity contribution in [1.29, 1.82) is 0 Å². The van der Waals surface area contributed by atoms with Gasteiger partial charge in [0, 0.05) is 30.1 Å². The molecule has 0 aliphatic carbocycles. The van der Waals surface area contributed by atoms with Gasteiger partial charge in [0.25, 0.3) is 10.1 Å². The summed E-state index contributed by atoms with van der Waals surface area (Å²) < 4.78 is 38.8. The van der Waals surface area contributed by atoms with Gasteiger partial charge in [-0.3, -0.25) is 9.35 Å². The molecule has 1 saturated heterocycles. The van der Waals surface area contributed by atoms with Crippen LogP contribution >= 0.6 is 11.6 Å². The number of benzene rings is 2. The number of carbonyl (C=O) groups excluding carboxylic acids is 1. The maximum Gasteiger partial charge on any atom is 0.261 e. The monoisotopic (exact) mass is 471 g/mol. The van der Waals surface area contributed by atoms with Crippen LogP contribution in [-0.4, -0.2) is 54.7 Å². The van der Waals surface area contributed by atoms with Crippen LogP contribution in [-0.2, 0) is 15.7 Å². The first-order valence-corrected chi connectivity index (χ1v) is 12.1. The highest BCUT2D eigenvalue weighted by molar-refractivity contribution is 7.85. The molecule has 1 aliphatic rings. The van der Waals surface area contributed by atoms with E-state index in [1.807, 2.05) is 24.3 Å². The van der Waals surface area contributed by atoms with E-state index in [1.165, 1.54) is 24.3 Å². The number of piperidine rings is 1. The van der Waals surface area contributed by atoms with Gasteiger partial charge in [0.05, 0.1) is 11.9 Å².